The highest BCUT2D eigenvalue weighted by molar-refractivity contribution is 6.31. The van der Waals surface area contributed by atoms with Gasteiger partial charge in [0.05, 0.1) is 6.54 Å². The molecule has 0 saturated carbocycles. The Kier molecular flexibility index (Phi) is 6.04. The fraction of sp³-hybridized carbons (Fsp3) is 0.300. The Balaban J connectivity index is 1.70. The molecule has 26 heavy (non-hydrogen) atoms. The summed E-state index contributed by atoms with van der Waals surface area (Å²) in [6.45, 7) is 4.11. The van der Waals surface area contributed by atoms with Crippen LogP contribution in [0.25, 0.3) is 0 Å². The van der Waals surface area contributed by atoms with E-state index in [0.717, 1.165) is 25.2 Å². The number of carbonyl (C=O) groups is 2. The Bertz CT molecular complexity index is 809. The molecule has 2 aromatic carbocycles. The Hall–Kier alpha value is -2.21. The predicted octanol–water partition coefficient (Wildman–Crippen LogP) is 3.13. The van der Waals surface area contributed by atoms with Crippen LogP contribution in [0.4, 0.5) is 5.69 Å². The number of Topliss-reactive ketones (excluding diaryl/α,β-unsaturated/α-hetero) is 1. The number of benzene rings is 2. The van der Waals surface area contributed by atoms with Gasteiger partial charge in [-0.05, 0) is 30.7 Å². The highest BCUT2D eigenvalue weighted by Gasteiger charge is 2.26. The van der Waals surface area contributed by atoms with E-state index < -0.39 is 0 Å². The van der Waals surface area contributed by atoms with E-state index in [2.05, 4.69) is 15.5 Å². The third kappa shape index (κ3) is 4.49. The number of hydrogen-bond acceptors (Lipinski definition) is 4. The van der Waals surface area contributed by atoms with Gasteiger partial charge in [0.15, 0.2) is 5.78 Å². The molecule has 0 spiro atoms. The van der Waals surface area contributed by atoms with Crippen LogP contribution in [0.2, 0.25) is 5.02 Å². The molecule has 0 radical (unpaired) electrons. The lowest BCUT2D eigenvalue weighted by molar-refractivity contribution is -0.118. The maximum Gasteiger partial charge on any atom is 0.238 e. The third-order valence-electron chi connectivity index (χ3n) is 4.52. The lowest BCUT2D eigenvalue weighted by Gasteiger charge is -2.36. The number of rotatable bonds is 5. The van der Waals surface area contributed by atoms with Gasteiger partial charge in [-0.2, -0.15) is 0 Å². The van der Waals surface area contributed by atoms with E-state index in [1.165, 1.54) is 6.92 Å². The van der Waals surface area contributed by atoms with Gasteiger partial charge in [0.25, 0.3) is 0 Å². The molecule has 1 atom stereocenters. The molecule has 1 heterocycles. The van der Waals surface area contributed by atoms with E-state index >= 15 is 0 Å². The van der Waals surface area contributed by atoms with Crippen molar-refractivity contribution in [2.24, 2.45) is 0 Å². The highest BCUT2D eigenvalue weighted by Crippen LogP contribution is 2.28. The fourth-order valence-corrected chi connectivity index (χ4v) is 3.45. The first-order valence-corrected chi connectivity index (χ1v) is 9.02. The van der Waals surface area contributed by atoms with Crippen molar-refractivity contribution in [1.29, 1.82) is 0 Å². The quantitative estimate of drug-likeness (QED) is 0.793. The highest BCUT2D eigenvalue weighted by atomic mass is 35.5. The molecule has 5 nitrogen and oxygen atoms in total. The van der Waals surface area contributed by atoms with Crippen molar-refractivity contribution in [2.45, 2.75) is 13.0 Å². The summed E-state index contributed by atoms with van der Waals surface area (Å²) in [5, 5.41) is 6.96. The molecule has 0 aromatic heterocycles. The molecule has 2 N–H and O–H groups in total. The largest absolute Gasteiger partial charge is 0.325 e. The van der Waals surface area contributed by atoms with Crippen LogP contribution in [0.5, 0.6) is 0 Å². The van der Waals surface area contributed by atoms with Crippen molar-refractivity contribution >= 4 is 29.0 Å². The van der Waals surface area contributed by atoms with Gasteiger partial charge in [-0.1, -0.05) is 41.9 Å². The smallest absolute Gasteiger partial charge is 0.238 e. The summed E-state index contributed by atoms with van der Waals surface area (Å²) in [4.78, 5) is 26.2. The molecule has 1 saturated heterocycles. The van der Waals surface area contributed by atoms with Crippen molar-refractivity contribution in [1.82, 2.24) is 10.2 Å². The first-order valence-electron chi connectivity index (χ1n) is 8.64. The lowest BCUT2D eigenvalue weighted by atomic mass is 10.0. The van der Waals surface area contributed by atoms with Crippen LogP contribution in [0.15, 0.2) is 48.5 Å². The van der Waals surface area contributed by atoms with E-state index in [9.17, 15) is 9.59 Å². The first-order chi connectivity index (χ1) is 12.5. The number of carbonyl (C=O) groups excluding carboxylic acids is 2. The molecular formula is C20H22ClN3O2. The maximum absolute atomic E-state index is 12.5. The molecule has 1 aliphatic heterocycles. The Labute approximate surface area is 158 Å². The first kappa shape index (κ1) is 18.6. The summed E-state index contributed by atoms with van der Waals surface area (Å²) in [5.41, 5.74) is 2.23. The molecule has 136 valence electrons. The minimum absolute atomic E-state index is 0.0259. The van der Waals surface area contributed by atoms with E-state index in [4.69, 9.17) is 11.6 Å². The number of nitrogens with one attached hydrogen (secondary N) is 2. The van der Waals surface area contributed by atoms with Crippen molar-refractivity contribution < 1.29 is 9.59 Å². The SMILES string of the molecule is CC(=O)c1cccc(NC(=O)CN2CCNCC2c2ccccc2Cl)c1. The molecule has 1 amide bonds. The molecule has 2 aromatic rings. The van der Waals surface area contributed by atoms with Gasteiger partial charge in [0.1, 0.15) is 0 Å². The van der Waals surface area contributed by atoms with Crippen LogP contribution in [0, 0.1) is 0 Å². The normalized spacial score (nSPS) is 17.7. The van der Waals surface area contributed by atoms with Crippen LogP contribution in [0.1, 0.15) is 28.9 Å². The van der Waals surface area contributed by atoms with Crippen molar-refractivity contribution in [3.63, 3.8) is 0 Å². The number of ketones is 1. The van der Waals surface area contributed by atoms with Gasteiger partial charge in [-0.15, -0.1) is 0 Å². The minimum Gasteiger partial charge on any atom is -0.325 e. The second-order valence-corrected chi connectivity index (χ2v) is 6.80. The molecule has 0 bridgehead atoms. The summed E-state index contributed by atoms with van der Waals surface area (Å²) in [7, 11) is 0. The maximum atomic E-state index is 12.5. The second kappa shape index (κ2) is 8.45. The van der Waals surface area contributed by atoms with Crippen molar-refractivity contribution in [3.8, 4) is 0 Å². The monoisotopic (exact) mass is 371 g/mol. The Morgan fingerprint density at radius 2 is 2.04 bits per heavy atom. The van der Waals surface area contributed by atoms with Crippen LogP contribution in [0.3, 0.4) is 0 Å². The van der Waals surface area contributed by atoms with Gasteiger partial charge < -0.3 is 10.6 Å². The Morgan fingerprint density at radius 3 is 2.81 bits per heavy atom. The summed E-state index contributed by atoms with van der Waals surface area (Å²) in [6.07, 6.45) is 0. The molecule has 3 rings (SSSR count). The van der Waals surface area contributed by atoms with Crippen molar-refractivity contribution in [2.75, 3.05) is 31.5 Å². The van der Waals surface area contributed by atoms with Crippen LogP contribution >= 0.6 is 11.6 Å². The average molecular weight is 372 g/mol. The minimum atomic E-state index is -0.107. The summed E-state index contributed by atoms with van der Waals surface area (Å²) in [5.74, 6) is -0.133. The van der Waals surface area contributed by atoms with E-state index in [1.54, 1.807) is 24.3 Å². The van der Waals surface area contributed by atoms with Gasteiger partial charge in [-0.25, -0.2) is 0 Å². The van der Waals surface area contributed by atoms with Gasteiger partial charge in [0.2, 0.25) is 5.91 Å². The predicted molar refractivity (Wildman–Crippen MR) is 104 cm³/mol. The van der Waals surface area contributed by atoms with Crippen LogP contribution in [-0.2, 0) is 4.79 Å². The Morgan fingerprint density at radius 1 is 1.23 bits per heavy atom. The van der Waals surface area contributed by atoms with E-state index in [1.807, 2.05) is 24.3 Å². The zero-order valence-corrected chi connectivity index (χ0v) is 15.4. The number of piperazine rings is 1. The third-order valence-corrected chi connectivity index (χ3v) is 4.86. The number of anilines is 1. The lowest BCUT2D eigenvalue weighted by Crippen LogP contribution is -2.48. The standard InChI is InChI=1S/C20H22ClN3O2/c1-14(25)15-5-4-6-16(11-15)23-20(26)13-24-10-9-22-12-19(24)17-7-2-3-8-18(17)21/h2-8,11,19,22H,9-10,12-13H2,1H3,(H,23,26). The molecular weight excluding hydrogens is 350 g/mol. The number of nitrogens with zero attached hydrogens (tertiary/aromatic N) is 1. The summed E-state index contributed by atoms with van der Waals surface area (Å²) >= 11 is 6.35. The molecule has 1 unspecified atom stereocenters. The van der Waals surface area contributed by atoms with E-state index in [0.29, 0.717) is 16.3 Å². The summed E-state index contributed by atoms with van der Waals surface area (Å²) in [6, 6.07) is 14.8. The number of hydrogen-bond donors (Lipinski definition) is 2. The molecule has 1 aliphatic rings. The number of amides is 1. The van der Waals surface area contributed by atoms with Crippen LogP contribution in [-0.4, -0.2) is 42.8 Å². The average Bonchev–Trinajstić information content (AvgIpc) is 2.63. The molecule has 6 heteroatoms. The molecule has 0 aliphatic carbocycles. The topological polar surface area (TPSA) is 61.4 Å². The van der Waals surface area contributed by atoms with Gasteiger partial charge >= 0.3 is 0 Å². The summed E-state index contributed by atoms with van der Waals surface area (Å²) < 4.78 is 0. The van der Waals surface area contributed by atoms with Crippen LogP contribution < -0.4 is 10.6 Å². The fourth-order valence-electron chi connectivity index (χ4n) is 3.19. The van der Waals surface area contributed by atoms with Gasteiger partial charge in [-0.3, -0.25) is 14.5 Å². The zero-order chi connectivity index (χ0) is 18.5. The number of halogens is 1. The van der Waals surface area contributed by atoms with Crippen molar-refractivity contribution in [3.05, 3.63) is 64.7 Å². The van der Waals surface area contributed by atoms with Gasteiger partial charge in [0, 0.05) is 41.9 Å². The molecule has 1 fully saturated rings. The second-order valence-electron chi connectivity index (χ2n) is 6.40. The van der Waals surface area contributed by atoms with E-state index in [-0.39, 0.29) is 24.3 Å². The zero-order valence-electron chi connectivity index (χ0n) is 14.7.